The summed E-state index contributed by atoms with van der Waals surface area (Å²) in [5.74, 6) is -0.523. The van der Waals surface area contributed by atoms with Gasteiger partial charge >= 0.3 is 6.18 Å². The van der Waals surface area contributed by atoms with E-state index >= 15 is 0 Å². The average molecular weight is 311 g/mol. The zero-order chi connectivity index (χ0) is 16.3. The first-order chi connectivity index (χ1) is 10.3. The van der Waals surface area contributed by atoms with E-state index in [2.05, 4.69) is 10.4 Å². The molecule has 0 saturated heterocycles. The largest absolute Gasteiger partial charge is 0.433 e. The Balaban J connectivity index is 2.07. The summed E-state index contributed by atoms with van der Waals surface area (Å²) < 4.78 is 39.2. The van der Waals surface area contributed by atoms with Gasteiger partial charge in [0.25, 0.3) is 0 Å². The molecule has 1 aromatic heterocycles. The molecule has 1 heterocycles. The number of hydrogen-bond acceptors (Lipinski definition) is 2. The topological polar surface area (TPSA) is 46.9 Å². The maximum Gasteiger partial charge on any atom is 0.433 e. The molecular weight excluding hydrogens is 295 g/mol. The molecule has 1 N–H and O–H groups in total. The Labute approximate surface area is 125 Å². The number of amides is 1. The molecular formula is C15H16F3N3O. The van der Waals surface area contributed by atoms with Gasteiger partial charge in [0.1, 0.15) is 12.2 Å². The number of aromatic nitrogens is 2. The highest BCUT2D eigenvalue weighted by Crippen LogP contribution is 2.29. The Morgan fingerprint density at radius 1 is 1.32 bits per heavy atom. The van der Waals surface area contributed by atoms with Gasteiger partial charge in [0, 0.05) is 0 Å². The second kappa shape index (κ2) is 6.21. The van der Waals surface area contributed by atoms with Crippen LogP contribution in [0.3, 0.4) is 0 Å². The van der Waals surface area contributed by atoms with Gasteiger partial charge in [-0.15, -0.1) is 0 Å². The Morgan fingerprint density at radius 3 is 2.55 bits per heavy atom. The summed E-state index contributed by atoms with van der Waals surface area (Å²) in [4.78, 5) is 11.9. The first kappa shape index (κ1) is 16.1. The molecule has 22 heavy (non-hydrogen) atoms. The van der Waals surface area contributed by atoms with Crippen molar-refractivity contribution in [3.05, 3.63) is 53.3 Å². The van der Waals surface area contributed by atoms with Crippen LogP contribution < -0.4 is 5.32 Å². The average Bonchev–Trinajstić information content (AvgIpc) is 2.80. The summed E-state index contributed by atoms with van der Waals surface area (Å²) in [6.45, 7) is 2.75. The van der Waals surface area contributed by atoms with E-state index in [1.807, 2.05) is 30.3 Å². The maximum atomic E-state index is 12.8. The summed E-state index contributed by atoms with van der Waals surface area (Å²) in [6, 6.07) is 9.81. The van der Waals surface area contributed by atoms with E-state index in [0.717, 1.165) is 11.6 Å². The molecule has 1 amide bonds. The Kier molecular flexibility index (Phi) is 4.54. The minimum Gasteiger partial charge on any atom is -0.348 e. The normalized spacial score (nSPS) is 13.0. The molecule has 0 bridgehead atoms. The van der Waals surface area contributed by atoms with Crippen LogP contribution in [0.2, 0.25) is 0 Å². The van der Waals surface area contributed by atoms with Gasteiger partial charge in [-0.3, -0.25) is 9.48 Å². The number of halogens is 3. The van der Waals surface area contributed by atoms with Gasteiger partial charge in [-0.05, 0) is 25.5 Å². The lowest BCUT2D eigenvalue weighted by Crippen LogP contribution is -2.31. The van der Waals surface area contributed by atoms with Crippen LogP contribution in [0.1, 0.15) is 29.9 Å². The van der Waals surface area contributed by atoms with Gasteiger partial charge in [-0.1, -0.05) is 30.3 Å². The molecule has 2 aromatic rings. The molecule has 1 atom stereocenters. The van der Waals surface area contributed by atoms with Crippen LogP contribution in [0.15, 0.2) is 36.4 Å². The summed E-state index contributed by atoms with van der Waals surface area (Å²) >= 11 is 0. The molecule has 0 spiro atoms. The standard InChI is InChI=1S/C15H16F3N3O/c1-10-8-13(15(16,17)18)21(20-10)9-14(22)19-11(2)12-6-4-3-5-7-12/h3-8,11H,9H2,1-2H3,(H,19,22). The quantitative estimate of drug-likeness (QED) is 0.943. The third-order valence-corrected chi connectivity index (χ3v) is 3.16. The molecule has 7 heteroatoms. The number of nitrogens with zero attached hydrogens (tertiary/aromatic N) is 2. The van der Waals surface area contributed by atoms with Crippen molar-refractivity contribution in [1.82, 2.24) is 15.1 Å². The summed E-state index contributed by atoms with van der Waals surface area (Å²) in [5, 5.41) is 6.40. The Bertz CT molecular complexity index is 650. The van der Waals surface area contributed by atoms with Gasteiger partial charge in [0.05, 0.1) is 11.7 Å². The van der Waals surface area contributed by atoms with E-state index in [4.69, 9.17) is 0 Å². The predicted octanol–water partition coefficient (Wildman–Crippen LogP) is 3.09. The van der Waals surface area contributed by atoms with Crippen molar-refractivity contribution in [1.29, 1.82) is 0 Å². The van der Waals surface area contributed by atoms with Crippen molar-refractivity contribution in [3.63, 3.8) is 0 Å². The molecule has 1 aromatic carbocycles. The molecule has 0 fully saturated rings. The molecule has 4 nitrogen and oxygen atoms in total. The van der Waals surface area contributed by atoms with E-state index in [1.165, 1.54) is 6.92 Å². The number of carbonyl (C=O) groups is 1. The lowest BCUT2D eigenvalue weighted by atomic mass is 10.1. The summed E-state index contributed by atoms with van der Waals surface area (Å²) in [5.41, 5.74) is 0.173. The van der Waals surface area contributed by atoms with Crippen molar-refractivity contribution >= 4 is 5.91 Å². The van der Waals surface area contributed by atoms with Crippen LogP contribution in [0.5, 0.6) is 0 Å². The minimum atomic E-state index is -4.54. The van der Waals surface area contributed by atoms with Gasteiger partial charge < -0.3 is 5.32 Å². The lowest BCUT2D eigenvalue weighted by molar-refractivity contribution is -0.144. The zero-order valence-corrected chi connectivity index (χ0v) is 12.2. The molecule has 0 radical (unpaired) electrons. The van der Waals surface area contributed by atoms with Crippen molar-refractivity contribution in [2.75, 3.05) is 0 Å². The fourth-order valence-electron chi connectivity index (χ4n) is 2.14. The number of benzene rings is 1. The molecule has 0 saturated carbocycles. The van der Waals surface area contributed by atoms with Crippen LogP contribution in [0.25, 0.3) is 0 Å². The fourth-order valence-corrected chi connectivity index (χ4v) is 2.14. The number of hydrogen-bond donors (Lipinski definition) is 1. The van der Waals surface area contributed by atoms with Gasteiger partial charge in [-0.25, -0.2) is 0 Å². The third kappa shape index (κ3) is 3.87. The van der Waals surface area contributed by atoms with Crippen molar-refractivity contribution < 1.29 is 18.0 Å². The van der Waals surface area contributed by atoms with E-state index in [0.29, 0.717) is 4.68 Å². The monoisotopic (exact) mass is 311 g/mol. The number of carbonyl (C=O) groups excluding carboxylic acids is 1. The van der Waals surface area contributed by atoms with Crippen molar-refractivity contribution in [2.24, 2.45) is 0 Å². The van der Waals surface area contributed by atoms with Crippen LogP contribution in [-0.4, -0.2) is 15.7 Å². The van der Waals surface area contributed by atoms with Crippen LogP contribution >= 0.6 is 0 Å². The smallest absolute Gasteiger partial charge is 0.348 e. The molecule has 1 unspecified atom stereocenters. The second-order valence-corrected chi connectivity index (χ2v) is 5.03. The summed E-state index contributed by atoms with van der Waals surface area (Å²) in [7, 11) is 0. The van der Waals surface area contributed by atoms with Crippen molar-refractivity contribution in [3.8, 4) is 0 Å². The van der Waals surface area contributed by atoms with E-state index in [1.54, 1.807) is 6.92 Å². The summed E-state index contributed by atoms with van der Waals surface area (Å²) in [6.07, 6.45) is -4.54. The highest BCUT2D eigenvalue weighted by molar-refractivity contribution is 5.76. The minimum absolute atomic E-state index is 0.219. The highest BCUT2D eigenvalue weighted by Gasteiger charge is 2.35. The SMILES string of the molecule is Cc1cc(C(F)(F)F)n(CC(=O)NC(C)c2ccccc2)n1. The van der Waals surface area contributed by atoms with Gasteiger partial charge in [0.2, 0.25) is 5.91 Å². The Hall–Kier alpha value is -2.31. The molecule has 118 valence electrons. The highest BCUT2D eigenvalue weighted by atomic mass is 19.4. The molecule has 0 aliphatic carbocycles. The third-order valence-electron chi connectivity index (χ3n) is 3.16. The fraction of sp³-hybridized carbons (Fsp3) is 0.333. The van der Waals surface area contributed by atoms with E-state index in [-0.39, 0.29) is 11.7 Å². The van der Waals surface area contributed by atoms with E-state index in [9.17, 15) is 18.0 Å². The van der Waals surface area contributed by atoms with Gasteiger partial charge in [-0.2, -0.15) is 18.3 Å². The van der Waals surface area contributed by atoms with Crippen LogP contribution in [-0.2, 0) is 17.5 Å². The molecule has 0 aliphatic rings. The van der Waals surface area contributed by atoms with Crippen LogP contribution in [0, 0.1) is 6.92 Å². The molecule has 2 rings (SSSR count). The van der Waals surface area contributed by atoms with Crippen LogP contribution in [0.4, 0.5) is 13.2 Å². The first-order valence-corrected chi connectivity index (χ1v) is 6.73. The Morgan fingerprint density at radius 2 is 1.95 bits per heavy atom. The molecule has 0 aliphatic heterocycles. The first-order valence-electron chi connectivity index (χ1n) is 6.73. The van der Waals surface area contributed by atoms with Crippen molar-refractivity contribution in [2.45, 2.75) is 32.6 Å². The number of rotatable bonds is 4. The van der Waals surface area contributed by atoms with Gasteiger partial charge in [0.15, 0.2) is 0 Å². The van der Waals surface area contributed by atoms with E-state index < -0.39 is 24.3 Å². The number of nitrogens with one attached hydrogen (secondary N) is 1. The maximum absolute atomic E-state index is 12.8. The predicted molar refractivity (Wildman–Crippen MR) is 75.0 cm³/mol. The second-order valence-electron chi connectivity index (χ2n) is 5.03. The number of alkyl halides is 3. The zero-order valence-electron chi connectivity index (χ0n) is 12.2. The lowest BCUT2D eigenvalue weighted by Gasteiger charge is -2.15. The number of aryl methyl sites for hydroxylation is 1.